The average Bonchev–Trinajstić information content (AvgIpc) is 2.26. The normalized spacial score (nSPS) is 12.1. The van der Waals surface area contributed by atoms with Crippen LogP contribution in [0, 0.1) is 0 Å². The smallest absolute Gasteiger partial charge is 0.233 e. The minimum atomic E-state index is -0.0720. The lowest BCUT2D eigenvalue weighted by Gasteiger charge is -2.14. The van der Waals surface area contributed by atoms with E-state index in [1.54, 1.807) is 19.2 Å². The first-order chi connectivity index (χ1) is 7.15. The van der Waals surface area contributed by atoms with E-state index in [2.05, 4.69) is 10.6 Å². The third kappa shape index (κ3) is 3.25. The van der Waals surface area contributed by atoms with Crippen molar-refractivity contribution in [2.45, 2.75) is 13.0 Å². The van der Waals surface area contributed by atoms with Gasteiger partial charge in [-0.05, 0) is 13.0 Å². The number of phenols is 1. The van der Waals surface area contributed by atoms with Gasteiger partial charge in [-0.15, -0.1) is 0 Å². The van der Waals surface area contributed by atoms with Crippen molar-refractivity contribution in [1.82, 2.24) is 10.6 Å². The first-order valence-corrected chi connectivity index (χ1v) is 4.87. The number of carbonyl (C=O) groups excluding carboxylic acids is 1. The van der Waals surface area contributed by atoms with Gasteiger partial charge in [0.2, 0.25) is 5.91 Å². The van der Waals surface area contributed by atoms with E-state index in [-0.39, 0.29) is 24.2 Å². The molecule has 0 saturated carbocycles. The number of rotatable bonds is 4. The van der Waals surface area contributed by atoms with Gasteiger partial charge in [-0.1, -0.05) is 18.2 Å². The molecule has 0 aliphatic heterocycles. The zero-order valence-electron chi connectivity index (χ0n) is 8.95. The summed E-state index contributed by atoms with van der Waals surface area (Å²) in [6.45, 7) is 2.14. The van der Waals surface area contributed by atoms with Crippen LogP contribution in [0.25, 0.3) is 0 Å². The molecule has 0 radical (unpaired) electrons. The number of phenolic OH excluding ortho intramolecular Hbond substituents is 1. The Morgan fingerprint density at radius 2 is 2.13 bits per heavy atom. The van der Waals surface area contributed by atoms with Gasteiger partial charge in [-0.25, -0.2) is 0 Å². The van der Waals surface area contributed by atoms with E-state index in [9.17, 15) is 9.90 Å². The van der Waals surface area contributed by atoms with Crippen molar-refractivity contribution in [3.8, 4) is 5.75 Å². The molecule has 82 valence electrons. The summed E-state index contributed by atoms with van der Waals surface area (Å²) < 4.78 is 0. The Hall–Kier alpha value is -1.55. The average molecular weight is 208 g/mol. The van der Waals surface area contributed by atoms with E-state index in [1.165, 1.54) is 0 Å². The van der Waals surface area contributed by atoms with Crippen LogP contribution in [0.2, 0.25) is 0 Å². The summed E-state index contributed by atoms with van der Waals surface area (Å²) in [4.78, 5) is 11.0. The highest BCUT2D eigenvalue weighted by molar-refractivity contribution is 5.77. The molecule has 1 amide bonds. The molecular weight excluding hydrogens is 192 g/mol. The zero-order valence-corrected chi connectivity index (χ0v) is 8.95. The van der Waals surface area contributed by atoms with Gasteiger partial charge < -0.3 is 15.7 Å². The lowest BCUT2D eigenvalue weighted by molar-refractivity contribution is -0.119. The van der Waals surface area contributed by atoms with E-state index in [0.29, 0.717) is 0 Å². The summed E-state index contributed by atoms with van der Waals surface area (Å²) in [5, 5.41) is 15.1. The largest absolute Gasteiger partial charge is 0.508 e. The number of hydrogen-bond acceptors (Lipinski definition) is 3. The van der Waals surface area contributed by atoms with Gasteiger partial charge >= 0.3 is 0 Å². The number of hydrogen-bond donors (Lipinski definition) is 3. The van der Waals surface area contributed by atoms with Crippen molar-refractivity contribution in [3.05, 3.63) is 29.8 Å². The van der Waals surface area contributed by atoms with E-state index >= 15 is 0 Å². The molecule has 1 atom stereocenters. The molecule has 1 aromatic carbocycles. The number of nitrogens with one attached hydrogen (secondary N) is 2. The monoisotopic (exact) mass is 208 g/mol. The third-order valence-electron chi connectivity index (χ3n) is 2.25. The van der Waals surface area contributed by atoms with Gasteiger partial charge in [0.15, 0.2) is 0 Å². The zero-order chi connectivity index (χ0) is 11.3. The van der Waals surface area contributed by atoms with Crippen LogP contribution in [0.3, 0.4) is 0 Å². The molecule has 4 heteroatoms. The molecule has 0 saturated heterocycles. The number of benzene rings is 1. The van der Waals surface area contributed by atoms with Crippen LogP contribution in [0.1, 0.15) is 18.5 Å². The van der Waals surface area contributed by atoms with Crippen LogP contribution >= 0.6 is 0 Å². The van der Waals surface area contributed by atoms with Crippen molar-refractivity contribution in [2.75, 3.05) is 13.6 Å². The Morgan fingerprint density at radius 1 is 1.47 bits per heavy atom. The number of likely N-dealkylation sites (N-methyl/N-ethyl adjacent to an activating group) is 1. The second-order valence-corrected chi connectivity index (χ2v) is 3.33. The van der Waals surface area contributed by atoms with Crippen molar-refractivity contribution in [3.63, 3.8) is 0 Å². The van der Waals surface area contributed by atoms with E-state index in [0.717, 1.165) is 5.56 Å². The lowest BCUT2D eigenvalue weighted by atomic mass is 10.1. The topological polar surface area (TPSA) is 61.4 Å². The molecule has 0 spiro atoms. The fraction of sp³-hybridized carbons (Fsp3) is 0.364. The predicted octanol–water partition coefficient (Wildman–Crippen LogP) is 0.789. The van der Waals surface area contributed by atoms with Crippen molar-refractivity contribution < 1.29 is 9.90 Å². The molecule has 0 aliphatic carbocycles. The molecule has 15 heavy (non-hydrogen) atoms. The van der Waals surface area contributed by atoms with Crippen molar-refractivity contribution >= 4 is 5.91 Å². The highest BCUT2D eigenvalue weighted by Crippen LogP contribution is 2.22. The molecule has 1 unspecified atom stereocenters. The summed E-state index contributed by atoms with van der Waals surface area (Å²) in [7, 11) is 1.59. The summed E-state index contributed by atoms with van der Waals surface area (Å²) in [5.41, 5.74) is 0.793. The predicted molar refractivity (Wildman–Crippen MR) is 58.6 cm³/mol. The molecule has 0 aromatic heterocycles. The molecule has 1 aromatic rings. The van der Waals surface area contributed by atoms with Crippen LogP contribution in [-0.4, -0.2) is 24.6 Å². The summed E-state index contributed by atoms with van der Waals surface area (Å²) in [6, 6.07) is 7.03. The lowest BCUT2D eigenvalue weighted by Crippen LogP contribution is -2.32. The fourth-order valence-corrected chi connectivity index (χ4v) is 1.30. The van der Waals surface area contributed by atoms with Crippen LogP contribution < -0.4 is 10.6 Å². The van der Waals surface area contributed by atoms with Crippen LogP contribution in [0.5, 0.6) is 5.75 Å². The maximum absolute atomic E-state index is 11.0. The van der Waals surface area contributed by atoms with Gasteiger partial charge in [0.05, 0.1) is 6.54 Å². The maximum atomic E-state index is 11.0. The molecule has 3 N–H and O–H groups in total. The number of amides is 1. The number of para-hydroxylation sites is 1. The molecule has 1 rings (SSSR count). The van der Waals surface area contributed by atoms with Crippen LogP contribution in [-0.2, 0) is 4.79 Å². The summed E-state index contributed by atoms with van der Waals surface area (Å²) in [5.74, 6) is 0.173. The minimum Gasteiger partial charge on any atom is -0.508 e. The van der Waals surface area contributed by atoms with E-state index in [1.807, 2.05) is 19.1 Å². The Balaban J connectivity index is 2.57. The first kappa shape index (κ1) is 11.5. The molecular formula is C11H16N2O2. The third-order valence-corrected chi connectivity index (χ3v) is 2.25. The van der Waals surface area contributed by atoms with Crippen molar-refractivity contribution in [2.24, 2.45) is 0 Å². The molecule has 0 aliphatic rings. The quantitative estimate of drug-likeness (QED) is 0.685. The van der Waals surface area contributed by atoms with Crippen LogP contribution in [0.4, 0.5) is 0 Å². The van der Waals surface area contributed by atoms with Gasteiger partial charge in [-0.2, -0.15) is 0 Å². The Labute approximate surface area is 89.3 Å². The highest BCUT2D eigenvalue weighted by Gasteiger charge is 2.09. The first-order valence-electron chi connectivity index (χ1n) is 4.87. The standard InChI is InChI=1S/C11H16N2O2/c1-8(13-7-11(15)12-2)9-5-3-4-6-10(9)14/h3-6,8,13-14H,7H2,1-2H3,(H,12,15). The Morgan fingerprint density at radius 3 is 2.73 bits per heavy atom. The maximum Gasteiger partial charge on any atom is 0.233 e. The van der Waals surface area contributed by atoms with Gasteiger partial charge in [-0.3, -0.25) is 4.79 Å². The fourth-order valence-electron chi connectivity index (χ4n) is 1.30. The number of carbonyl (C=O) groups is 1. The molecule has 4 nitrogen and oxygen atoms in total. The molecule has 0 fully saturated rings. The second-order valence-electron chi connectivity index (χ2n) is 3.33. The van der Waals surface area contributed by atoms with E-state index < -0.39 is 0 Å². The van der Waals surface area contributed by atoms with Gasteiger partial charge in [0, 0.05) is 18.7 Å². The number of aromatic hydroxyl groups is 1. The van der Waals surface area contributed by atoms with Crippen molar-refractivity contribution in [1.29, 1.82) is 0 Å². The van der Waals surface area contributed by atoms with Gasteiger partial charge in [0.1, 0.15) is 5.75 Å². The van der Waals surface area contributed by atoms with Gasteiger partial charge in [0.25, 0.3) is 0 Å². The van der Waals surface area contributed by atoms with E-state index in [4.69, 9.17) is 0 Å². The molecule has 0 heterocycles. The second kappa shape index (κ2) is 5.36. The highest BCUT2D eigenvalue weighted by atomic mass is 16.3. The summed E-state index contributed by atoms with van der Waals surface area (Å²) >= 11 is 0. The van der Waals surface area contributed by atoms with Crippen LogP contribution in [0.15, 0.2) is 24.3 Å². The summed E-state index contributed by atoms with van der Waals surface area (Å²) in [6.07, 6.45) is 0. The SMILES string of the molecule is CNC(=O)CNC(C)c1ccccc1O. The minimum absolute atomic E-state index is 0.0523. The Kier molecular flexibility index (Phi) is 4.12. The Bertz CT molecular complexity index is 339. The molecule has 0 bridgehead atoms.